The van der Waals surface area contributed by atoms with Crippen LogP contribution in [-0.2, 0) is 17.8 Å². The number of nitrogens with zero attached hydrogens (tertiary/aromatic N) is 3. The number of para-hydroxylation sites is 1. The normalized spacial score (nSPS) is 15.6. The highest BCUT2D eigenvalue weighted by atomic mass is 127. The number of benzene rings is 2. The number of aryl methyl sites for hydroxylation is 2. The van der Waals surface area contributed by atoms with E-state index >= 15 is 0 Å². The van der Waals surface area contributed by atoms with Gasteiger partial charge in [0.2, 0.25) is 0 Å². The number of hydrogen-bond acceptors (Lipinski definition) is 4. The Morgan fingerprint density at radius 1 is 1.12 bits per heavy atom. The third-order valence-corrected chi connectivity index (χ3v) is 5.80. The SMILES string of the molecule is CN=C(NCc1ccc(C)cc1OCC1CCOC1)NCc1ccccc1-n1ccc(C)n1.I. The predicted octanol–water partition coefficient (Wildman–Crippen LogP) is 4.39. The van der Waals surface area contributed by atoms with Gasteiger partial charge in [0.05, 0.1) is 24.6 Å². The Hall–Kier alpha value is -2.59. The van der Waals surface area contributed by atoms with Gasteiger partial charge in [0, 0.05) is 44.4 Å². The van der Waals surface area contributed by atoms with Gasteiger partial charge in [-0.05, 0) is 49.6 Å². The number of ether oxygens (including phenoxy) is 2. The fourth-order valence-corrected chi connectivity index (χ4v) is 3.88. The second kappa shape index (κ2) is 12.8. The first-order valence-electron chi connectivity index (χ1n) is 11.5. The monoisotopic (exact) mass is 575 g/mol. The summed E-state index contributed by atoms with van der Waals surface area (Å²) in [5.74, 6) is 2.13. The molecule has 0 aliphatic carbocycles. The number of guanidine groups is 1. The molecule has 0 saturated carbocycles. The number of hydrogen-bond donors (Lipinski definition) is 2. The quantitative estimate of drug-likeness (QED) is 0.237. The molecule has 7 nitrogen and oxygen atoms in total. The van der Waals surface area contributed by atoms with E-state index in [1.54, 1.807) is 7.05 Å². The van der Waals surface area contributed by atoms with Crippen molar-refractivity contribution in [1.82, 2.24) is 20.4 Å². The van der Waals surface area contributed by atoms with Crippen LogP contribution in [0.5, 0.6) is 5.75 Å². The summed E-state index contributed by atoms with van der Waals surface area (Å²) < 4.78 is 13.6. The average Bonchev–Trinajstić information content (AvgIpc) is 3.51. The van der Waals surface area contributed by atoms with Crippen LogP contribution in [0.3, 0.4) is 0 Å². The van der Waals surface area contributed by atoms with Crippen LogP contribution in [0.25, 0.3) is 5.69 Å². The molecule has 2 N–H and O–H groups in total. The van der Waals surface area contributed by atoms with Crippen molar-refractivity contribution in [2.45, 2.75) is 33.4 Å². The lowest BCUT2D eigenvalue weighted by Gasteiger charge is -2.17. The van der Waals surface area contributed by atoms with Crippen LogP contribution in [0, 0.1) is 19.8 Å². The molecule has 34 heavy (non-hydrogen) atoms. The second-order valence-corrected chi connectivity index (χ2v) is 8.46. The average molecular weight is 575 g/mol. The predicted molar refractivity (Wildman–Crippen MR) is 146 cm³/mol. The van der Waals surface area contributed by atoms with Crippen molar-refractivity contribution in [3.8, 4) is 11.4 Å². The van der Waals surface area contributed by atoms with E-state index < -0.39 is 0 Å². The zero-order valence-corrected chi connectivity index (χ0v) is 22.4. The minimum atomic E-state index is 0. The van der Waals surface area contributed by atoms with Gasteiger partial charge in [0.15, 0.2) is 5.96 Å². The lowest BCUT2D eigenvalue weighted by molar-refractivity contribution is 0.166. The van der Waals surface area contributed by atoms with E-state index in [2.05, 4.69) is 58.0 Å². The Bertz CT molecular complexity index is 1090. The van der Waals surface area contributed by atoms with Crippen molar-refractivity contribution in [3.05, 3.63) is 77.1 Å². The first-order chi connectivity index (χ1) is 16.1. The van der Waals surface area contributed by atoms with Gasteiger partial charge in [-0.1, -0.05) is 30.3 Å². The van der Waals surface area contributed by atoms with Gasteiger partial charge in [-0.3, -0.25) is 4.99 Å². The van der Waals surface area contributed by atoms with Crippen LogP contribution in [0.1, 0.15) is 28.8 Å². The first kappa shape index (κ1) is 26.0. The molecular formula is C26H34IN5O2. The molecule has 0 bridgehead atoms. The molecule has 4 rings (SSSR count). The van der Waals surface area contributed by atoms with Crippen LogP contribution < -0.4 is 15.4 Å². The Labute approximate surface area is 219 Å². The molecule has 1 atom stereocenters. The van der Waals surface area contributed by atoms with E-state index in [0.29, 0.717) is 25.6 Å². The van der Waals surface area contributed by atoms with Gasteiger partial charge in [-0.2, -0.15) is 5.10 Å². The molecule has 0 amide bonds. The summed E-state index contributed by atoms with van der Waals surface area (Å²) in [6.07, 6.45) is 3.05. The molecule has 0 spiro atoms. The molecular weight excluding hydrogens is 541 g/mol. The molecule has 3 aromatic rings. The standard InChI is InChI=1S/C26H33N5O2.HI/c1-19-8-9-23(25(14-19)33-18-21-11-13-32-17-21)16-29-26(27-3)28-15-22-6-4-5-7-24(22)31-12-10-20(2)30-31;/h4-10,12,14,21H,11,13,15-18H2,1-3H3,(H2,27,28,29);1H. The maximum Gasteiger partial charge on any atom is 0.191 e. The summed E-state index contributed by atoms with van der Waals surface area (Å²) in [5.41, 5.74) is 5.48. The molecule has 1 aliphatic heterocycles. The van der Waals surface area contributed by atoms with Gasteiger partial charge in [0.1, 0.15) is 5.75 Å². The van der Waals surface area contributed by atoms with Crippen LogP contribution in [0.4, 0.5) is 0 Å². The largest absolute Gasteiger partial charge is 0.493 e. The number of halogens is 1. The minimum Gasteiger partial charge on any atom is -0.493 e. The van der Waals surface area contributed by atoms with Crippen LogP contribution in [0.15, 0.2) is 59.7 Å². The summed E-state index contributed by atoms with van der Waals surface area (Å²) in [4.78, 5) is 4.40. The summed E-state index contributed by atoms with van der Waals surface area (Å²) in [6.45, 7) is 7.64. The molecule has 0 radical (unpaired) electrons. The van der Waals surface area contributed by atoms with Crippen molar-refractivity contribution in [3.63, 3.8) is 0 Å². The smallest absolute Gasteiger partial charge is 0.191 e. The number of aliphatic imine (C=N–C) groups is 1. The Morgan fingerprint density at radius 2 is 1.91 bits per heavy atom. The van der Waals surface area contributed by atoms with E-state index in [1.165, 1.54) is 5.56 Å². The lowest BCUT2D eigenvalue weighted by atomic mass is 10.1. The molecule has 1 saturated heterocycles. The number of nitrogens with one attached hydrogen (secondary N) is 2. The fourth-order valence-electron chi connectivity index (χ4n) is 3.88. The van der Waals surface area contributed by atoms with Crippen molar-refractivity contribution < 1.29 is 9.47 Å². The summed E-state index contributed by atoms with van der Waals surface area (Å²) >= 11 is 0. The first-order valence-corrected chi connectivity index (χ1v) is 11.5. The minimum absolute atomic E-state index is 0. The fraction of sp³-hybridized carbons (Fsp3) is 0.385. The molecule has 1 fully saturated rings. The van der Waals surface area contributed by atoms with Crippen LogP contribution >= 0.6 is 24.0 Å². The van der Waals surface area contributed by atoms with Gasteiger partial charge >= 0.3 is 0 Å². The number of aromatic nitrogens is 2. The summed E-state index contributed by atoms with van der Waals surface area (Å²) in [5, 5.41) is 11.4. The zero-order chi connectivity index (χ0) is 23.0. The molecule has 1 aliphatic rings. The van der Waals surface area contributed by atoms with E-state index in [9.17, 15) is 0 Å². The Kier molecular flexibility index (Phi) is 9.76. The molecule has 2 heterocycles. The number of rotatable bonds is 8. The summed E-state index contributed by atoms with van der Waals surface area (Å²) in [6, 6.07) is 16.6. The van der Waals surface area contributed by atoms with Gasteiger partial charge in [-0.15, -0.1) is 24.0 Å². The Balaban J connectivity index is 0.00000324. The third kappa shape index (κ3) is 6.96. The van der Waals surface area contributed by atoms with Crippen LogP contribution in [0.2, 0.25) is 0 Å². The van der Waals surface area contributed by atoms with Crippen molar-refractivity contribution in [2.75, 3.05) is 26.9 Å². The van der Waals surface area contributed by atoms with E-state index in [4.69, 9.17) is 9.47 Å². The van der Waals surface area contributed by atoms with Gasteiger partial charge in [-0.25, -0.2) is 4.68 Å². The highest BCUT2D eigenvalue weighted by molar-refractivity contribution is 14.0. The molecule has 2 aromatic carbocycles. The van der Waals surface area contributed by atoms with Crippen LogP contribution in [-0.4, -0.2) is 42.6 Å². The van der Waals surface area contributed by atoms with Gasteiger partial charge in [0.25, 0.3) is 0 Å². The lowest BCUT2D eigenvalue weighted by Crippen LogP contribution is -2.36. The second-order valence-electron chi connectivity index (χ2n) is 8.46. The Morgan fingerprint density at radius 3 is 2.62 bits per heavy atom. The van der Waals surface area contributed by atoms with Crippen molar-refractivity contribution >= 4 is 29.9 Å². The zero-order valence-electron chi connectivity index (χ0n) is 20.1. The molecule has 8 heteroatoms. The topological polar surface area (TPSA) is 72.7 Å². The summed E-state index contributed by atoms with van der Waals surface area (Å²) in [7, 11) is 1.78. The third-order valence-electron chi connectivity index (χ3n) is 5.80. The van der Waals surface area contributed by atoms with E-state index in [1.807, 2.05) is 36.0 Å². The molecule has 1 unspecified atom stereocenters. The maximum absolute atomic E-state index is 6.17. The molecule has 182 valence electrons. The van der Waals surface area contributed by atoms with Crippen molar-refractivity contribution in [2.24, 2.45) is 10.9 Å². The molecule has 1 aromatic heterocycles. The van der Waals surface area contributed by atoms with E-state index in [-0.39, 0.29) is 24.0 Å². The highest BCUT2D eigenvalue weighted by Gasteiger charge is 2.17. The maximum atomic E-state index is 6.17. The van der Waals surface area contributed by atoms with Gasteiger partial charge < -0.3 is 20.1 Å². The highest BCUT2D eigenvalue weighted by Crippen LogP contribution is 2.23. The van der Waals surface area contributed by atoms with Crippen molar-refractivity contribution in [1.29, 1.82) is 0 Å². The van der Waals surface area contributed by atoms with E-state index in [0.717, 1.165) is 53.9 Å².